The molecule has 0 spiro atoms. The first kappa shape index (κ1) is 11.6. The highest BCUT2D eigenvalue weighted by molar-refractivity contribution is 5.61. The van der Waals surface area contributed by atoms with E-state index in [-0.39, 0.29) is 0 Å². The number of hydrogen-bond acceptors (Lipinski definition) is 3. The molecule has 1 saturated carbocycles. The third kappa shape index (κ3) is 1.87. The molecule has 1 heterocycles. The summed E-state index contributed by atoms with van der Waals surface area (Å²) in [5.41, 5.74) is 3.09. The summed E-state index contributed by atoms with van der Waals surface area (Å²) in [7, 11) is 0. The molecule has 0 N–H and O–H groups in total. The number of ether oxygens (including phenoxy) is 1. The largest absolute Gasteiger partial charge is 0.374 e. The van der Waals surface area contributed by atoms with E-state index in [1.807, 2.05) is 12.1 Å². The van der Waals surface area contributed by atoms with Gasteiger partial charge in [0.05, 0.1) is 30.0 Å². The van der Waals surface area contributed by atoms with E-state index in [1.54, 1.807) is 0 Å². The lowest BCUT2D eigenvalue weighted by atomic mass is 10.0. The van der Waals surface area contributed by atoms with E-state index in [0.29, 0.717) is 12.1 Å². The van der Waals surface area contributed by atoms with Crippen molar-refractivity contribution in [2.45, 2.75) is 38.3 Å². The first-order valence-corrected chi connectivity index (χ1v) is 6.68. The fourth-order valence-corrected chi connectivity index (χ4v) is 3.20. The molecule has 0 radical (unpaired) electrons. The van der Waals surface area contributed by atoms with Crippen molar-refractivity contribution in [1.29, 1.82) is 5.26 Å². The lowest BCUT2D eigenvalue weighted by Crippen LogP contribution is -2.49. The molecule has 0 aromatic heterocycles. The topological polar surface area (TPSA) is 36.3 Å². The van der Waals surface area contributed by atoms with Gasteiger partial charge in [-0.25, -0.2) is 0 Å². The maximum absolute atomic E-state index is 9.27. The van der Waals surface area contributed by atoms with E-state index < -0.39 is 0 Å². The van der Waals surface area contributed by atoms with Crippen molar-refractivity contribution in [3.05, 3.63) is 29.3 Å². The zero-order chi connectivity index (χ0) is 12.5. The van der Waals surface area contributed by atoms with Crippen LogP contribution in [0.5, 0.6) is 0 Å². The van der Waals surface area contributed by atoms with Gasteiger partial charge in [-0.15, -0.1) is 0 Å². The van der Waals surface area contributed by atoms with Gasteiger partial charge in [0.1, 0.15) is 6.07 Å². The molecular formula is C15H18N2O. The molecule has 3 rings (SSSR count). The Morgan fingerprint density at radius 1 is 1.39 bits per heavy atom. The monoisotopic (exact) mass is 242 g/mol. The summed E-state index contributed by atoms with van der Waals surface area (Å²) in [5, 5.41) is 9.27. The number of aryl methyl sites for hydroxylation is 1. The molecule has 18 heavy (non-hydrogen) atoms. The lowest BCUT2D eigenvalue weighted by Gasteiger charge is -2.39. The summed E-state index contributed by atoms with van der Waals surface area (Å²) in [5.74, 6) is 0. The highest BCUT2D eigenvalue weighted by Gasteiger charge is 2.36. The summed E-state index contributed by atoms with van der Waals surface area (Å²) in [6.45, 7) is 3.76. The van der Waals surface area contributed by atoms with E-state index in [4.69, 9.17) is 4.74 Å². The number of hydrogen-bond donors (Lipinski definition) is 0. The summed E-state index contributed by atoms with van der Waals surface area (Å²) >= 11 is 0. The maximum atomic E-state index is 9.27. The van der Waals surface area contributed by atoms with Crippen LogP contribution in [-0.4, -0.2) is 25.3 Å². The molecule has 1 aromatic carbocycles. The number of nitrogens with zero attached hydrogens (tertiary/aromatic N) is 2. The Morgan fingerprint density at radius 3 is 3.11 bits per heavy atom. The second-order valence-electron chi connectivity index (χ2n) is 5.23. The zero-order valence-corrected chi connectivity index (χ0v) is 10.7. The summed E-state index contributed by atoms with van der Waals surface area (Å²) in [6.07, 6.45) is 3.95. The Kier molecular flexibility index (Phi) is 2.97. The molecule has 1 saturated heterocycles. The van der Waals surface area contributed by atoms with Crippen LogP contribution in [0.25, 0.3) is 0 Å². The first-order chi connectivity index (χ1) is 8.79. The van der Waals surface area contributed by atoms with Crippen LogP contribution < -0.4 is 4.90 Å². The molecule has 0 amide bonds. The summed E-state index contributed by atoms with van der Waals surface area (Å²) in [6, 6.07) is 8.86. The van der Waals surface area contributed by atoms with Crippen molar-refractivity contribution in [2.24, 2.45) is 0 Å². The van der Waals surface area contributed by atoms with Gasteiger partial charge in [0.25, 0.3) is 0 Å². The standard InChI is InChI=1S/C15H18N2O/c1-11-5-6-12(10-16)14(9-11)17-7-8-18-15-4-2-3-13(15)17/h5-6,9,13,15H,2-4,7-8H2,1H3. The quantitative estimate of drug-likeness (QED) is 0.759. The van der Waals surface area contributed by atoms with Crippen molar-refractivity contribution in [2.75, 3.05) is 18.1 Å². The van der Waals surface area contributed by atoms with Gasteiger partial charge in [-0.1, -0.05) is 6.07 Å². The van der Waals surface area contributed by atoms with Gasteiger partial charge >= 0.3 is 0 Å². The van der Waals surface area contributed by atoms with E-state index in [2.05, 4.69) is 24.0 Å². The summed E-state index contributed by atoms with van der Waals surface area (Å²) < 4.78 is 5.83. The Balaban J connectivity index is 1.98. The maximum Gasteiger partial charge on any atom is 0.101 e. The number of morpholine rings is 1. The molecule has 1 aliphatic carbocycles. The third-order valence-corrected chi connectivity index (χ3v) is 4.07. The lowest BCUT2D eigenvalue weighted by molar-refractivity contribution is 0.0256. The van der Waals surface area contributed by atoms with Gasteiger partial charge in [0.2, 0.25) is 0 Å². The SMILES string of the molecule is Cc1ccc(C#N)c(N2CCOC3CCCC32)c1. The smallest absolute Gasteiger partial charge is 0.101 e. The molecular weight excluding hydrogens is 224 g/mol. The fourth-order valence-electron chi connectivity index (χ4n) is 3.20. The van der Waals surface area contributed by atoms with Gasteiger partial charge in [-0.3, -0.25) is 0 Å². The van der Waals surface area contributed by atoms with Crippen LogP contribution in [0, 0.1) is 18.3 Å². The Hall–Kier alpha value is -1.53. The van der Waals surface area contributed by atoms with Crippen molar-refractivity contribution in [3.63, 3.8) is 0 Å². The van der Waals surface area contributed by atoms with Crippen LogP contribution in [-0.2, 0) is 4.74 Å². The van der Waals surface area contributed by atoms with Crippen LogP contribution in [0.3, 0.4) is 0 Å². The molecule has 2 unspecified atom stereocenters. The Labute approximate surface area is 108 Å². The Morgan fingerprint density at radius 2 is 2.28 bits per heavy atom. The van der Waals surface area contributed by atoms with E-state index in [1.165, 1.54) is 18.4 Å². The molecule has 2 fully saturated rings. The molecule has 0 bridgehead atoms. The first-order valence-electron chi connectivity index (χ1n) is 6.68. The molecule has 2 aliphatic rings. The number of anilines is 1. The Bertz CT molecular complexity index is 492. The number of rotatable bonds is 1. The minimum atomic E-state index is 0.366. The average Bonchev–Trinajstić information content (AvgIpc) is 2.86. The van der Waals surface area contributed by atoms with Crippen molar-refractivity contribution < 1.29 is 4.74 Å². The highest BCUT2D eigenvalue weighted by atomic mass is 16.5. The number of benzene rings is 1. The van der Waals surface area contributed by atoms with E-state index >= 15 is 0 Å². The average molecular weight is 242 g/mol. The zero-order valence-electron chi connectivity index (χ0n) is 10.7. The van der Waals surface area contributed by atoms with Gasteiger partial charge in [0.15, 0.2) is 0 Å². The van der Waals surface area contributed by atoms with Gasteiger partial charge in [0, 0.05) is 6.54 Å². The van der Waals surface area contributed by atoms with Crippen LogP contribution in [0.4, 0.5) is 5.69 Å². The number of nitriles is 1. The van der Waals surface area contributed by atoms with Gasteiger partial charge in [-0.2, -0.15) is 5.26 Å². The summed E-state index contributed by atoms with van der Waals surface area (Å²) in [4.78, 5) is 2.40. The van der Waals surface area contributed by atoms with Crippen LogP contribution >= 0.6 is 0 Å². The highest BCUT2D eigenvalue weighted by Crippen LogP contribution is 2.34. The predicted octanol–water partition coefficient (Wildman–Crippen LogP) is 2.62. The van der Waals surface area contributed by atoms with Gasteiger partial charge < -0.3 is 9.64 Å². The van der Waals surface area contributed by atoms with Crippen molar-refractivity contribution >= 4 is 5.69 Å². The van der Waals surface area contributed by atoms with E-state index in [0.717, 1.165) is 30.8 Å². The molecule has 3 heteroatoms. The minimum absolute atomic E-state index is 0.366. The molecule has 2 atom stereocenters. The van der Waals surface area contributed by atoms with Crippen LogP contribution in [0.1, 0.15) is 30.4 Å². The molecule has 1 aliphatic heterocycles. The molecule has 3 nitrogen and oxygen atoms in total. The predicted molar refractivity (Wildman–Crippen MR) is 70.6 cm³/mol. The minimum Gasteiger partial charge on any atom is -0.374 e. The normalized spacial score (nSPS) is 26.8. The van der Waals surface area contributed by atoms with Crippen molar-refractivity contribution in [1.82, 2.24) is 0 Å². The van der Waals surface area contributed by atoms with Gasteiger partial charge in [-0.05, 0) is 43.9 Å². The molecule has 94 valence electrons. The third-order valence-electron chi connectivity index (χ3n) is 4.07. The molecule has 1 aromatic rings. The number of fused-ring (bicyclic) bond motifs is 1. The van der Waals surface area contributed by atoms with Crippen molar-refractivity contribution in [3.8, 4) is 6.07 Å². The van der Waals surface area contributed by atoms with E-state index in [9.17, 15) is 5.26 Å². The van der Waals surface area contributed by atoms with Crippen LogP contribution in [0.15, 0.2) is 18.2 Å². The second kappa shape index (κ2) is 4.62. The second-order valence-corrected chi connectivity index (χ2v) is 5.23. The van der Waals surface area contributed by atoms with Crippen LogP contribution in [0.2, 0.25) is 0 Å². The fraction of sp³-hybridized carbons (Fsp3) is 0.533.